The minimum atomic E-state index is -1.12. The normalized spacial score (nSPS) is 38.4. The summed E-state index contributed by atoms with van der Waals surface area (Å²) in [5.74, 6) is -0.612. The van der Waals surface area contributed by atoms with Crippen LogP contribution in [0.5, 0.6) is 11.5 Å². The molecule has 6 aliphatic rings. The summed E-state index contributed by atoms with van der Waals surface area (Å²) in [7, 11) is 1.43. The zero-order valence-electron chi connectivity index (χ0n) is 23.6. The van der Waals surface area contributed by atoms with Crippen LogP contribution >= 0.6 is 0 Å². The molecule has 7 rings (SSSR count). The molecule has 0 radical (unpaired) electrons. The van der Waals surface area contributed by atoms with E-state index in [2.05, 4.69) is 16.7 Å². The lowest BCUT2D eigenvalue weighted by molar-refractivity contribution is -0.150. The van der Waals surface area contributed by atoms with E-state index >= 15 is 0 Å². The predicted molar refractivity (Wildman–Crippen MR) is 145 cm³/mol. The van der Waals surface area contributed by atoms with Crippen molar-refractivity contribution < 1.29 is 33.4 Å². The van der Waals surface area contributed by atoms with Crippen LogP contribution in [0.1, 0.15) is 87.1 Å². The molecular formula is C31H38FN3O6. The Balaban J connectivity index is 1.18. The van der Waals surface area contributed by atoms with E-state index in [4.69, 9.17) is 9.47 Å². The molecule has 220 valence electrons. The monoisotopic (exact) mass is 567 g/mol. The number of halogens is 1. The first-order valence-electron chi connectivity index (χ1n) is 14.8. The molecule has 6 fully saturated rings. The van der Waals surface area contributed by atoms with Crippen molar-refractivity contribution in [3.05, 3.63) is 23.3 Å². The van der Waals surface area contributed by atoms with Gasteiger partial charge in [-0.05, 0) is 88.5 Å². The van der Waals surface area contributed by atoms with E-state index in [0.29, 0.717) is 44.9 Å². The molecule has 4 bridgehead atoms. The molecule has 3 N–H and O–H groups in total. The Hall–Kier alpha value is -3.35. The topological polar surface area (TPSA) is 138 Å². The SMILES string of the molecule is COc1cc(C#N)c(O[C@H]2CC[C@@](C)(C(=O)O)CC2)cc1C(=O)N[C@@H]1[C@H]2CC[C@H](C2)[C@@H]1C(=O)N[C@@H]1CC2(F)CC1C2. The molecule has 0 heterocycles. The van der Waals surface area contributed by atoms with Crippen LogP contribution in [0.15, 0.2) is 12.1 Å². The number of fused-ring (bicyclic) bond motifs is 3. The number of hydrogen-bond donors (Lipinski definition) is 3. The first kappa shape index (κ1) is 27.8. The highest BCUT2D eigenvalue weighted by Crippen LogP contribution is 2.55. The molecule has 1 aromatic carbocycles. The summed E-state index contributed by atoms with van der Waals surface area (Å²) >= 11 is 0. The maximum Gasteiger partial charge on any atom is 0.309 e. The van der Waals surface area contributed by atoms with Crippen molar-refractivity contribution in [3.63, 3.8) is 0 Å². The molecule has 1 aromatic rings. The molecule has 41 heavy (non-hydrogen) atoms. The fourth-order valence-corrected chi connectivity index (χ4v) is 8.28. The van der Waals surface area contributed by atoms with Crippen LogP contribution in [0.4, 0.5) is 4.39 Å². The summed E-state index contributed by atoms with van der Waals surface area (Å²) < 4.78 is 26.1. The Morgan fingerprint density at radius 2 is 1.73 bits per heavy atom. The molecule has 0 saturated heterocycles. The van der Waals surface area contributed by atoms with Gasteiger partial charge in [0.2, 0.25) is 5.91 Å². The van der Waals surface area contributed by atoms with Gasteiger partial charge in [-0.25, -0.2) is 4.39 Å². The number of carboxylic acids is 1. The Morgan fingerprint density at radius 3 is 2.34 bits per heavy atom. The van der Waals surface area contributed by atoms with E-state index in [9.17, 15) is 29.1 Å². The summed E-state index contributed by atoms with van der Waals surface area (Å²) in [6.45, 7) is 1.74. The Labute approximate surface area is 239 Å². The van der Waals surface area contributed by atoms with Crippen LogP contribution in [-0.4, -0.2) is 53.9 Å². The molecular weight excluding hydrogens is 529 g/mol. The lowest BCUT2D eigenvalue weighted by Gasteiger charge is -2.34. The van der Waals surface area contributed by atoms with E-state index in [1.54, 1.807) is 6.92 Å². The van der Waals surface area contributed by atoms with Gasteiger partial charge >= 0.3 is 5.97 Å². The fourth-order valence-electron chi connectivity index (χ4n) is 8.28. The summed E-state index contributed by atoms with van der Waals surface area (Å²) in [5, 5.41) is 25.5. The number of benzene rings is 1. The number of nitrogens with zero attached hydrogens (tertiary/aromatic N) is 1. The van der Waals surface area contributed by atoms with Crippen molar-refractivity contribution in [2.45, 2.75) is 95.0 Å². The van der Waals surface area contributed by atoms with Crippen LogP contribution in [0.2, 0.25) is 0 Å². The molecule has 6 saturated carbocycles. The van der Waals surface area contributed by atoms with Gasteiger partial charge in [0.15, 0.2) is 0 Å². The van der Waals surface area contributed by atoms with Gasteiger partial charge in [0.1, 0.15) is 23.2 Å². The van der Waals surface area contributed by atoms with Gasteiger partial charge in [-0.3, -0.25) is 14.4 Å². The number of rotatable bonds is 8. The molecule has 10 heteroatoms. The Morgan fingerprint density at radius 1 is 1.02 bits per heavy atom. The van der Waals surface area contributed by atoms with Crippen molar-refractivity contribution in [2.75, 3.05) is 7.11 Å². The first-order valence-corrected chi connectivity index (χ1v) is 14.8. The summed E-state index contributed by atoms with van der Waals surface area (Å²) in [5.41, 5.74) is -1.48. The highest BCUT2D eigenvalue weighted by Gasteiger charge is 2.58. The molecule has 0 unspecified atom stereocenters. The summed E-state index contributed by atoms with van der Waals surface area (Å²) in [6, 6.07) is 4.65. The Bertz CT molecular complexity index is 1300. The van der Waals surface area contributed by atoms with Crippen molar-refractivity contribution in [1.29, 1.82) is 5.26 Å². The smallest absolute Gasteiger partial charge is 0.309 e. The highest BCUT2D eigenvalue weighted by atomic mass is 19.1. The van der Waals surface area contributed by atoms with Gasteiger partial charge in [0.05, 0.1) is 35.7 Å². The van der Waals surface area contributed by atoms with E-state index in [0.717, 1.165) is 19.3 Å². The van der Waals surface area contributed by atoms with Gasteiger partial charge in [0, 0.05) is 24.6 Å². The number of nitriles is 1. The second-order valence-corrected chi connectivity index (χ2v) is 13.3. The molecule has 6 aliphatic carbocycles. The second-order valence-electron chi connectivity index (χ2n) is 13.3. The maximum absolute atomic E-state index is 14.4. The summed E-state index contributed by atoms with van der Waals surface area (Å²) in [6.07, 6.45) is 5.87. The number of carboxylic acid groups (broad SMARTS) is 1. The van der Waals surface area contributed by atoms with Gasteiger partial charge < -0.3 is 25.2 Å². The van der Waals surface area contributed by atoms with Crippen molar-refractivity contribution in [2.24, 2.45) is 29.1 Å². The van der Waals surface area contributed by atoms with Gasteiger partial charge in [0.25, 0.3) is 5.91 Å². The number of amides is 2. The zero-order chi connectivity index (χ0) is 29.1. The molecule has 2 amide bonds. The number of ether oxygens (including phenoxy) is 2. The second kappa shape index (κ2) is 10.2. The van der Waals surface area contributed by atoms with Crippen LogP contribution in [0.3, 0.4) is 0 Å². The first-order chi connectivity index (χ1) is 19.5. The third-order valence-corrected chi connectivity index (χ3v) is 10.8. The largest absolute Gasteiger partial charge is 0.496 e. The maximum atomic E-state index is 14.4. The van der Waals surface area contributed by atoms with Crippen molar-refractivity contribution in [3.8, 4) is 17.6 Å². The van der Waals surface area contributed by atoms with E-state index in [-0.39, 0.29) is 70.4 Å². The minimum absolute atomic E-state index is 0.0925. The molecule has 0 spiro atoms. The van der Waals surface area contributed by atoms with Crippen LogP contribution in [-0.2, 0) is 9.59 Å². The van der Waals surface area contributed by atoms with Crippen molar-refractivity contribution in [1.82, 2.24) is 10.6 Å². The molecule has 0 aliphatic heterocycles. The minimum Gasteiger partial charge on any atom is -0.496 e. The summed E-state index contributed by atoms with van der Waals surface area (Å²) in [4.78, 5) is 38.8. The standard InChI is InChI=1S/C31H38FN3O6/c1-30(29(38)39)7-5-20(6-8-30)41-23-11-21(24(40-2)10-18(23)15-33)27(36)35-26-17-4-3-16(9-17)25(26)28(37)34-22-14-31(32)12-19(22)13-31/h10-11,16-17,19-20,22,25-26H,3-9,12-14H2,1-2H3,(H,34,37)(H,35,36)(H,38,39)/t16-,17+,19?,20-,22-,25+,26-,30+,31?/m1/s1. The zero-order valence-corrected chi connectivity index (χ0v) is 23.6. The van der Waals surface area contributed by atoms with Crippen LogP contribution in [0, 0.1) is 40.4 Å². The molecule has 0 aromatic heterocycles. The fraction of sp³-hybridized carbons (Fsp3) is 0.677. The lowest BCUT2D eigenvalue weighted by atomic mass is 9.75. The number of carbonyl (C=O) groups excluding carboxylic acids is 2. The van der Waals surface area contributed by atoms with Gasteiger partial charge in [-0.15, -0.1) is 0 Å². The van der Waals surface area contributed by atoms with E-state index in [1.165, 1.54) is 19.2 Å². The van der Waals surface area contributed by atoms with Gasteiger partial charge in [-0.1, -0.05) is 0 Å². The number of hydrogen-bond acceptors (Lipinski definition) is 6. The Kier molecular flexibility index (Phi) is 6.90. The number of aliphatic carboxylic acids is 1. The average Bonchev–Trinajstić information content (AvgIpc) is 3.69. The van der Waals surface area contributed by atoms with Gasteiger partial charge in [-0.2, -0.15) is 5.26 Å². The van der Waals surface area contributed by atoms with Crippen LogP contribution < -0.4 is 20.1 Å². The third-order valence-electron chi connectivity index (χ3n) is 10.8. The predicted octanol–water partition coefficient (Wildman–Crippen LogP) is 4.13. The number of methoxy groups -OCH3 is 1. The van der Waals surface area contributed by atoms with Crippen molar-refractivity contribution >= 4 is 17.8 Å². The number of carbonyl (C=O) groups is 3. The quantitative estimate of drug-likeness (QED) is 0.429. The number of nitrogens with one attached hydrogen (secondary N) is 2. The van der Waals surface area contributed by atoms with E-state index < -0.39 is 23.0 Å². The highest BCUT2D eigenvalue weighted by molar-refractivity contribution is 5.98. The molecule has 9 nitrogen and oxygen atoms in total. The number of alkyl halides is 1. The lowest BCUT2D eigenvalue weighted by Crippen LogP contribution is -2.51. The van der Waals surface area contributed by atoms with Crippen LogP contribution in [0.25, 0.3) is 0 Å². The average molecular weight is 568 g/mol. The van der Waals surface area contributed by atoms with E-state index in [1.807, 2.05) is 0 Å². The molecule has 5 atom stereocenters. The third kappa shape index (κ3) is 4.91.